The van der Waals surface area contributed by atoms with Gasteiger partial charge in [-0.05, 0) is 36.8 Å². The molecule has 1 heterocycles. The van der Waals surface area contributed by atoms with Gasteiger partial charge < -0.3 is 19.9 Å². The first-order chi connectivity index (χ1) is 14.6. The number of esters is 1. The fourth-order valence-corrected chi connectivity index (χ4v) is 4.01. The van der Waals surface area contributed by atoms with Crippen LogP contribution in [0.4, 0.5) is 0 Å². The zero-order chi connectivity index (χ0) is 21.5. The van der Waals surface area contributed by atoms with Crippen molar-refractivity contribution in [2.24, 2.45) is 5.73 Å². The molecule has 3 rings (SSSR count). The van der Waals surface area contributed by atoms with E-state index in [1.54, 1.807) is 38.3 Å². The average molecular weight is 423 g/mol. The van der Waals surface area contributed by atoms with Crippen LogP contribution in [-0.4, -0.2) is 25.4 Å². The summed E-state index contributed by atoms with van der Waals surface area (Å²) in [7, 11) is 1.57. The van der Waals surface area contributed by atoms with Gasteiger partial charge in [-0.15, -0.1) is 11.8 Å². The highest BCUT2D eigenvalue weighted by atomic mass is 32.2. The molecule has 154 valence electrons. The van der Waals surface area contributed by atoms with Crippen LogP contribution in [-0.2, 0) is 14.3 Å². The SMILES string of the molecule is CCOC(=O)C1=C(CSc2ccccc2)OC(N)=C(C#N)[C@@H]1c1ccc(OC)cc1. The summed E-state index contributed by atoms with van der Waals surface area (Å²) in [5, 5.41) is 9.75. The summed E-state index contributed by atoms with van der Waals surface area (Å²) in [5.74, 6) is 0.212. The van der Waals surface area contributed by atoms with E-state index in [4.69, 9.17) is 19.9 Å². The molecular formula is C23H22N2O4S. The molecule has 0 radical (unpaired) electrons. The van der Waals surface area contributed by atoms with Crippen molar-refractivity contribution in [3.05, 3.63) is 82.9 Å². The molecule has 0 aliphatic carbocycles. The maximum atomic E-state index is 12.9. The third-order valence-electron chi connectivity index (χ3n) is 4.55. The fourth-order valence-electron chi connectivity index (χ4n) is 3.15. The molecule has 0 aromatic heterocycles. The smallest absolute Gasteiger partial charge is 0.338 e. The minimum atomic E-state index is -0.680. The lowest BCUT2D eigenvalue weighted by molar-refractivity contribution is -0.139. The number of nitrogens with zero attached hydrogens (tertiary/aromatic N) is 1. The van der Waals surface area contributed by atoms with Crippen molar-refractivity contribution in [3.8, 4) is 11.8 Å². The number of allylic oxidation sites excluding steroid dienone is 1. The first kappa shape index (κ1) is 21.3. The van der Waals surface area contributed by atoms with Gasteiger partial charge in [0.25, 0.3) is 0 Å². The highest BCUT2D eigenvalue weighted by molar-refractivity contribution is 7.99. The maximum Gasteiger partial charge on any atom is 0.338 e. The Balaban J connectivity index is 2.06. The third-order valence-corrected chi connectivity index (χ3v) is 5.57. The minimum absolute atomic E-state index is 0.00460. The van der Waals surface area contributed by atoms with Gasteiger partial charge in [-0.25, -0.2) is 4.79 Å². The molecule has 1 aliphatic rings. The average Bonchev–Trinajstić information content (AvgIpc) is 2.78. The first-order valence-electron chi connectivity index (χ1n) is 9.38. The number of nitrogens with two attached hydrogens (primary N) is 1. The predicted molar refractivity (Wildman–Crippen MR) is 114 cm³/mol. The largest absolute Gasteiger partial charge is 0.497 e. The van der Waals surface area contributed by atoms with E-state index in [1.807, 2.05) is 30.3 Å². The molecule has 6 nitrogen and oxygen atoms in total. The number of thioether (sulfide) groups is 1. The predicted octanol–water partition coefficient (Wildman–Crippen LogP) is 4.11. The zero-order valence-corrected chi connectivity index (χ0v) is 17.6. The Morgan fingerprint density at radius 3 is 2.50 bits per heavy atom. The summed E-state index contributed by atoms with van der Waals surface area (Å²) < 4.78 is 16.3. The summed E-state index contributed by atoms with van der Waals surface area (Å²) >= 11 is 1.51. The van der Waals surface area contributed by atoms with Crippen LogP contribution in [0.2, 0.25) is 0 Å². The van der Waals surface area contributed by atoms with Crippen molar-refractivity contribution in [2.75, 3.05) is 19.5 Å². The van der Waals surface area contributed by atoms with Crippen LogP contribution in [0.3, 0.4) is 0 Å². The van der Waals surface area contributed by atoms with Crippen molar-refractivity contribution in [1.29, 1.82) is 5.26 Å². The zero-order valence-electron chi connectivity index (χ0n) is 16.8. The van der Waals surface area contributed by atoms with Crippen LogP contribution in [0.1, 0.15) is 18.4 Å². The molecule has 1 atom stereocenters. The quantitative estimate of drug-likeness (QED) is 0.530. The molecule has 2 N–H and O–H groups in total. The fraction of sp³-hybridized carbons (Fsp3) is 0.217. The molecule has 2 aromatic carbocycles. The Kier molecular flexibility index (Phi) is 7.04. The van der Waals surface area contributed by atoms with E-state index in [0.717, 1.165) is 10.5 Å². The Morgan fingerprint density at radius 2 is 1.90 bits per heavy atom. The Bertz CT molecular complexity index is 1010. The molecule has 0 amide bonds. The van der Waals surface area contributed by atoms with Gasteiger partial charge in [0.1, 0.15) is 23.2 Å². The number of nitriles is 1. The second kappa shape index (κ2) is 9.90. The molecule has 30 heavy (non-hydrogen) atoms. The van der Waals surface area contributed by atoms with E-state index in [-0.39, 0.29) is 23.6 Å². The number of rotatable bonds is 7. The van der Waals surface area contributed by atoms with E-state index in [0.29, 0.717) is 17.3 Å². The Hall–Kier alpha value is -3.37. The van der Waals surface area contributed by atoms with Gasteiger partial charge in [-0.1, -0.05) is 30.3 Å². The highest BCUT2D eigenvalue weighted by Gasteiger charge is 2.37. The van der Waals surface area contributed by atoms with Crippen LogP contribution >= 0.6 is 11.8 Å². The molecule has 7 heteroatoms. The maximum absolute atomic E-state index is 12.9. The molecule has 0 spiro atoms. The Morgan fingerprint density at radius 1 is 1.20 bits per heavy atom. The number of carbonyl (C=O) groups excluding carboxylic acids is 1. The Labute approximate surface area is 179 Å². The van der Waals surface area contributed by atoms with E-state index in [9.17, 15) is 10.1 Å². The van der Waals surface area contributed by atoms with E-state index in [1.165, 1.54) is 11.8 Å². The summed E-state index contributed by atoms with van der Waals surface area (Å²) in [6, 6.07) is 19.0. The monoisotopic (exact) mass is 422 g/mol. The molecule has 2 aromatic rings. The first-order valence-corrected chi connectivity index (χ1v) is 10.4. The molecule has 0 unspecified atom stereocenters. The van der Waals surface area contributed by atoms with E-state index in [2.05, 4.69) is 6.07 Å². The number of methoxy groups -OCH3 is 1. The van der Waals surface area contributed by atoms with Crippen molar-refractivity contribution < 1.29 is 19.0 Å². The number of hydrogen-bond acceptors (Lipinski definition) is 7. The highest BCUT2D eigenvalue weighted by Crippen LogP contribution is 2.41. The second-order valence-electron chi connectivity index (χ2n) is 6.36. The van der Waals surface area contributed by atoms with E-state index < -0.39 is 11.9 Å². The molecule has 0 saturated carbocycles. The van der Waals surface area contributed by atoms with Gasteiger partial charge in [0.05, 0.1) is 31.0 Å². The van der Waals surface area contributed by atoms with Gasteiger partial charge in [-0.2, -0.15) is 5.26 Å². The van der Waals surface area contributed by atoms with Crippen LogP contribution in [0.15, 0.2) is 82.3 Å². The summed E-state index contributed by atoms with van der Waals surface area (Å²) in [5.41, 5.74) is 7.28. The van der Waals surface area contributed by atoms with Gasteiger partial charge in [0.15, 0.2) is 0 Å². The number of carbonyl (C=O) groups is 1. The molecular weight excluding hydrogens is 400 g/mol. The van der Waals surface area contributed by atoms with Crippen LogP contribution in [0, 0.1) is 11.3 Å². The summed E-state index contributed by atoms with van der Waals surface area (Å²) in [6.07, 6.45) is 0. The molecule has 1 aliphatic heterocycles. The van der Waals surface area contributed by atoms with E-state index >= 15 is 0 Å². The van der Waals surface area contributed by atoms with Gasteiger partial charge in [0, 0.05) is 4.90 Å². The lowest BCUT2D eigenvalue weighted by atomic mass is 9.83. The van der Waals surface area contributed by atoms with Crippen molar-refractivity contribution in [2.45, 2.75) is 17.7 Å². The molecule has 0 bridgehead atoms. The second-order valence-corrected chi connectivity index (χ2v) is 7.41. The van der Waals surface area contributed by atoms with Crippen molar-refractivity contribution >= 4 is 17.7 Å². The van der Waals surface area contributed by atoms with Crippen LogP contribution in [0.25, 0.3) is 0 Å². The number of ether oxygens (including phenoxy) is 3. The number of hydrogen-bond donors (Lipinski definition) is 1. The summed E-state index contributed by atoms with van der Waals surface area (Å²) in [4.78, 5) is 13.9. The minimum Gasteiger partial charge on any atom is -0.497 e. The normalized spacial score (nSPS) is 16.0. The van der Waals surface area contributed by atoms with Crippen molar-refractivity contribution in [3.63, 3.8) is 0 Å². The van der Waals surface area contributed by atoms with Gasteiger partial charge in [0.2, 0.25) is 5.88 Å². The van der Waals surface area contributed by atoms with Gasteiger partial charge in [-0.3, -0.25) is 0 Å². The lowest BCUT2D eigenvalue weighted by Gasteiger charge is -2.28. The van der Waals surface area contributed by atoms with Gasteiger partial charge >= 0.3 is 5.97 Å². The number of benzene rings is 2. The standard InChI is InChI=1S/C23H22N2O4S/c1-3-28-23(26)21-19(14-30-17-7-5-4-6-8-17)29-22(25)18(13-24)20(21)15-9-11-16(27-2)12-10-15/h4-12,20H,3,14,25H2,1-2H3/t20-/m0/s1. The van der Waals surface area contributed by atoms with Crippen molar-refractivity contribution in [1.82, 2.24) is 0 Å². The third kappa shape index (κ3) is 4.61. The molecule has 0 saturated heterocycles. The van der Waals surface area contributed by atoms with Crippen LogP contribution in [0.5, 0.6) is 5.75 Å². The summed E-state index contributed by atoms with van der Waals surface area (Å²) in [6.45, 7) is 1.94. The topological polar surface area (TPSA) is 94.6 Å². The molecule has 0 fully saturated rings. The van der Waals surface area contributed by atoms with Crippen LogP contribution < -0.4 is 10.5 Å². The lowest BCUT2D eigenvalue weighted by Crippen LogP contribution is -2.27.